The fourth-order valence-electron chi connectivity index (χ4n) is 0.835. The Morgan fingerprint density at radius 1 is 1.71 bits per heavy atom. The van der Waals surface area contributed by atoms with E-state index in [4.69, 9.17) is 11.2 Å². The fourth-order valence-corrected chi connectivity index (χ4v) is 2.15. The Kier molecular flexibility index (Phi) is 5.25. The van der Waals surface area contributed by atoms with Crippen molar-refractivity contribution in [3.8, 4) is 17.5 Å². The highest BCUT2D eigenvalue weighted by atomic mass is 32.2. The van der Waals surface area contributed by atoms with Gasteiger partial charge in [-0.05, 0) is 6.92 Å². The number of nitrogens with zero attached hydrogens (tertiary/aromatic N) is 3. The van der Waals surface area contributed by atoms with E-state index in [0.717, 1.165) is 23.3 Å². The Bertz CT molecular complexity index is 425. The lowest BCUT2D eigenvalue weighted by atomic mass is 10.3. The van der Waals surface area contributed by atoms with Gasteiger partial charge < -0.3 is 9.64 Å². The molecule has 5 nitrogen and oxygen atoms in total. The van der Waals surface area contributed by atoms with Gasteiger partial charge in [-0.3, -0.25) is 4.79 Å². The lowest BCUT2D eigenvalue weighted by Gasteiger charge is -2.07. The van der Waals surface area contributed by atoms with Gasteiger partial charge in [0.2, 0.25) is 5.16 Å². The molecule has 1 aromatic rings. The number of hydrogen-bond donors (Lipinski definition) is 0. The monoisotopic (exact) mass is 271 g/mol. The van der Waals surface area contributed by atoms with E-state index in [1.54, 1.807) is 14.1 Å². The molecule has 92 valence electrons. The maximum atomic E-state index is 11.4. The normalized spacial score (nSPS) is 11.6. The van der Waals surface area contributed by atoms with E-state index >= 15 is 0 Å². The van der Waals surface area contributed by atoms with Gasteiger partial charge in [0, 0.05) is 43.8 Å². The number of amides is 1. The zero-order valence-corrected chi connectivity index (χ0v) is 11.5. The van der Waals surface area contributed by atoms with Crippen LogP contribution in [-0.4, -0.2) is 39.7 Å². The molecule has 1 rings (SSSR count). The molecule has 1 heterocycles. The van der Waals surface area contributed by atoms with Crippen molar-refractivity contribution in [3.63, 3.8) is 0 Å². The highest BCUT2D eigenvalue weighted by molar-refractivity contribution is 8.13. The average molecular weight is 271 g/mol. The van der Waals surface area contributed by atoms with Crippen LogP contribution >= 0.6 is 23.3 Å². The summed E-state index contributed by atoms with van der Waals surface area (Å²) in [5.74, 6) is 2.51. The number of carbonyl (C=O) groups is 1. The molecule has 0 aliphatic rings. The molecule has 0 bridgehead atoms. The topological polar surface area (TPSA) is 55.3 Å². The summed E-state index contributed by atoms with van der Waals surface area (Å²) in [6, 6.07) is 0. The van der Waals surface area contributed by atoms with E-state index in [1.807, 2.05) is 6.92 Å². The van der Waals surface area contributed by atoms with E-state index in [9.17, 15) is 4.79 Å². The Morgan fingerprint density at radius 3 is 3.00 bits per heavy atom. The number of hydrogen-bond acceptors (Lipinski definition) is 6. The third kappa shape index (κ3) is 4.63. The largest absolute Gasteiger partial charge is 0.465 e. The Hall–Kier alpha value is -1.26. The third-order valence-corrected chi connectivity index (χ3v) is 3.27. The second kappa shape index (κ2) is 6.47. The van der Waals surface area contributed by atoms with Crippen LogP contribution < -0.4 is 4.74 Å². The number of terminal acetylenes is 1. The minimum absolute atomic E-state index is 0.102. The summed E-state index contributed by atoms with van der Waals surface area (Å²) in [7, 11) is 3.35. The van der Waals surface area contributed by atoms with Gasteiger partial charge in [0.1, 0.15) is 6.10 Å². The van der Waals surface area contributed by atoms with E-state index in [-0.39, 0.29) is 11.3 Å². The molecule has 0 aromatic carbocycles. The zero-order chi connectivity index (χ0) is 12.8. The summed E-state index contributed by atoms with van der Waals surface area (Å²) in [5, 5.41) is 0.712. The lowest BCUT2D eigenvalue weighted by molar-refractivity contribution is 0.225. The first-order chi connectivity index (χ1) is 8.02. The van der Waals surface area contributed by atoms with Crippen LogP contribution in [0.5, 0.6) is 5.19 Å². The molecule has 0 radical (unpaired) electrons. The molecule has 1 atom stereocenters. The maximum absolute atomic E-state index is 11.4. The average Bonchev–Trinajstić information content (AvgIpc) is 2.65. The smallest absolute Gasteiger partial charge is 0.294 e. The van der Waals surface area contributed by atoms with Crippen LogP contribution in [0, 0.1) is 12.3 Å². The van der Waals surface area contributed by atoms with Gasteiger partial charge in [-0.15, -0.1) is 12.3 Å². The van der Waals surface area contributed by atoms with Crippen LogP contribution in [0.25, 0.3) is 0 Å². The van der Waals surface area contributed by atoms with Crippen LogP contribution in [0.4, 0.5) is 4.79 Å². The molecular formula is C10H13N3O2S2. The maximum Gasteiger partial charge on any atom is 0.294 e. The highest BCUT2D eigenvalue weighted by Crippen LogP contribution is 2.24. The van der Waals surface area contributed by atoms with E-state index in [1.165, 1.54) is 4.90 Å². The number of ether oxygens (including phenoxy) is 1. The lowest BCUT2D eigenvalue weighted by Crippen LogP contribution is -2.16. The van der Waals surface area contributed by atoms with Crippen molar-refractivity contribution in [1.82, 2.24) is 14.3 Å². The Labute approximate surface area is 109 Å². The zero-order valence-electron chi connectivity index (χ0n) is 9.84. The quantitative estimate of drug-likeness (QED) is 0.620. The molecule has 0 saturated carbocycles. The van der Waals surface area contributed by atoms with Crippen molar-refractivity contribution in [2.75, 3.05) is 14.1 Å². The standard InChI is InChI=1S/C10H13N3O2S2/c1-5-6-7(2)15-9-11-8(12-17-9)16-10(14)13(3)4/h1,7H,6H2,2-4H3. The van der Waals surface area contributed by atoms with Crippen molar-refractivity contribution in [3.05, 3.63) is 0 Å². The molecule has 0 saturated heterocycles. The minimum Gasteiger partial charge on any atom is -0.465 e. The van der Waals surface area contributed by atoms with Crippen molar-refractivity contribution < 1.29 is 9.53 Å². The number of rotatable bonds is 4. The second-order valence-corrected chi connectivity index (χ2v) is 5.07. The van der Waals surface area contributed by atoms with Crippen LogP contribution in [0.2, 0.25) is 0 Å². The molecule has 0 aliphatic heterocycles. The molecule has 0 fully saturated rings. The first kappa shape index (κ1) is 13.8. The van der Waals surface area contributed by atoms with E-state index < -0.39 is 0 Å². The van der Waals surface area contributed by atoms with Gasteiger partial charge in [-0.2, -0.15) is 9.36 Å². The molecule has 7 heteroatoms. The summed E-state index contributed by atoms with van der Waals surface area (Å²) < 4.78 is 9.46. The number of thioether (sulfide) groups is 1. The number of carbonyl (C=O) groups excluding carboxylic acids is 1. The minimum atomic E-state index is -0.119. The van der Waals surface area contributed by atoms with Crippen molar-refractivity contribution in [1.29, 1.82) is 0 Å². The Balaban J connectivity index is 2.54. The van der Waals surface area contributed by atoms with Gasteiger partial charge >= 0.3 is 0 Å². The van der Waals surface area contributed by atoms with Crippen LogP contribution in [0.15, 0.2) is 5.16 Å². The molecule has 0 spiro atoms. The molecule has 1 unspecified atom stereocenters. The highest BCUT2D eigenvalue weighted by Gasteiger charge is 2.13. The molecule has 1 amide bonds. The van der Waals surface area contributed by atoms with Gasteiger partial charge in [-0.25, -0.2) is 0 Å². The summed E-state index contributed by atoms with van der Waals surface area (Å²) >= 11 is 2.08. The summed E-state index contributed by atoms with van der Waals surface area (Å²) in [4.78, 5) is 16.9. The van der Waals surface area contributed by atoms with E-state index in [0.29, 0.717) is 16.8 Å². The molecule has 17 heavy (non-hydrogen) atoms. The molecular weight excluding hydrogens is 258 g/mol. The summed E-state index contributed by atoms with van der Waals surface area (Å²) in [6.07, 6.45) is 5.58. The fraction of sp³-hybridized carbons (Fsp3) is 0.500. The summed E-state index contributed by atoms with van der Waals surface area (Å²) in [5.41, 5.74) is 0. The first-order valence-corrected chi connectivity index (χ1v) is 6.45. The van der Waals surface area contributed by atoms with Crippen LogP contribution in [-0.2, 0) is 0 Å². The van der Waals surface area contributed by atoms with Crippen molar-refractivity contribution in [2.24, 2.45) is 0 Å². The molecule has 0 aliphatic carbocycles. The van der Waals surface area contributed by atoms with Crippen LogP contribution in [0.3, 0.4) is 0 Å². The van der Waals surface area contributed by atoms with Crippen molar-refractivity contribution >= 4 is 28.5 Å². The second-order valence-electron chi connectivity index (χ2n) is 3.44. The molecule has 0 N–H and O–H groups in total. The number of aromatic nitrogens is 2. The van der Waals surface area contributed by atoms with Gasteiger partial charge in [0.25, 0.3) is 10.4 Å². The van der Waals surface area contributed by atoms with Gasteiger partial charge in [-0.1, -0.05) is 0 Å². The van der Waals surface area contributed by atoms with Gasteiger partial charge in [0.15, 0.2) is 0 Å². The Morgan fingerprint density at radius 2 is 2.41 bits per heavy atom. The van der Waals surface area contributed by atoms with Crippen LogP contribution in [0.1, 0.15) is 13.3 Å². The SMILES string of the molecule is C#CCC(C)Oc1nc(SC(=O)N(C)C)ns1. The predicted molar refractivity (Wildman–Crippen MR) is 68.4 cm³/mol. The third-order valence-electron chi connectivity index (χ3n) is 1.64. The summed E-state index contributed by atoms with van der Waals surface area (Å²) in [6.45, 7) is 1.86. The van der Waals surface area contributed by atoms with Gasteiger partial charge in [0.05, 0.1) is 0 Å². The first-order valence-electron chi connectivity index (χ1n) is 4.86. The van der Waals surface area contributed by atoms with E-state index in [2.05, 4.69) is 15.3 Å². The predicted octanol–water partition coefficient (Wildman–Crippen LogP) is 2.10. The van der Waals surface area contributed by atoms with Crippen molar-refractivity contribution in [2.45, 2.75) is 24.6 Å². The molecule has 1 aromatic heterocycles.